The summed E-state index contributed by atoms with van der Waals surface area (Å²) in [5.74, 6) is 0.595. The molecule has 0 aliphatic carbocycles. The van der Waals surface area contributed by atoms with E-state index in [1.807, 2.05) is 0 Å². The standard InChI is InChI=1S/C18H22F3N5O2/c1-17(2,18(19,20)21)12-4-6-13(7-5-12)24-16(27)26-8-9-28-10-14(26)15-22-11-23-25(15)3/h4-7,11,14H,8-10H2,1-3H3,(H,24,27). The van der Waals surface area contributed by atoms with Gasteiger partial charge in [0.2, 0.25) is 0 Å². The number of aryl methyl sites for hydroxylation is 1. The summed E-state index contributed by atoms with van der Waals surface area (Å²) in [5, 5.41) is 6.75. The molecule has 152 valence electrons. The van der Waals surface area contributed by atoms with Crippen LogP contribution in [0.5, 0.6) is 0 Å². The number of urea groups is 1. The Hall–Kier alpha value is -2.62. The maximum absolute atomic E-state index is 13.2. The zero-order chi connectivity index (χ0) is 20.5. The number of benzene rings is 1. The highest BCUT2D eigenvalue weighted by atomic mass is 19.4. The van der Waals surface area contributed by atoms with Gasteiger partial charge in [-0.1, -0.05) is 12.1 Å². The minimum absolute atomic E-state index is 0.126. The SMILES string of the molecule is Cn1ncnc1C1COCCN1C(=O)Nc1ccc(C(C)(C)C(F)(F)F)cc1. The van der Waals surface area contributed by atoms with Crippen molar-refractivity contribution in [2.45, 2.75) is 31.5 Å². The van der Waals surface area contributed by atoms with Gasteiger partial charge in [-0.25, -0.2) is 9.78 Å². The normalized spacial score (nSPS) is 18.2. The predicted molar refractivity (Wildman–Crippen MR) is 95.8 cm³/mol. The molecular weight excluding hydrogens is 375 g/mol. The minimum atomic E-state index is -4.37. The smallest absolute Gasteiger partial charge is 0.377 e. The first-order valence-electron chi connectivity index (χ1n) is 8.78. The number of rotatable bonds is 3. The summed E-state index contributed by atoms with van der Waals surface area (Å²) in [4.78, 5) is 18.5. The fraction of sp³-hybridized carbons (Fsp3) is 0.500. The zero-order valence-electron chi connectivity index (χ0n) is 15.8. The second-order valence-electron chi connectivity index (χ2n) is 7.16. The van der Waals surface area contributed by atoms with Gasteiger partial charge in [0, 0.05) is 19.3 Å². The molecule has 2 aromatic rings. The third-order valence-electron chi connectivity index (χ3n) is 5.00. The Morgan fingerprint density at radius 3 is 2.50 bits per heavy atom. The quantitative estimate of drug-likeness (QED) is 0.863. The van der Waals surface area contributed by atoms with Crippen LogP contribution in [0.2, 0.25) is 0 Å². The van der Waals surface area contributed by atoms with Gasteiger partial charge in [-0.15, -0.1) is 0 Å². The lowest BCUT2D eigenvalue weighted by Gasteiger charge is -2.34. The number of halogens is 3. The molecule has 10 heteroatoms. The number of anilines is 1. The number of nitrogens with one attached hydrogen (secondary N) is 1. The van der Waals surface area contributed by atoms with Crippen LogP contribution in [-0.4, -0.2) is 51.6 Å². The van der Waals surface area contributed by atoms with E-state index in [9.17, 15) is 18.0 Å². The summed E-state index contributed by atoms with van der Waals surface area (Å²) in [6, 6.07) is 4.92. The maximum Gasteiger partial charge on any atom is 0.397 e. The first kappa shape index (κ1) is 20.1. The number of hydrogen-bond donors (Lipinski definition) is 1. The van der Waals surface area contributed by atoms with Gasteiger partial charge < -0.3 is 15.0 Å². The van der Waals surface area contributed by atoms with Gasteiger partial charge in [-0.2, -0.15) is 18.3 Å². The Labute approximate surface area is 160 Å². The Morgan fingerprint density at radius 2 is 1.93 bits per heavy atom. The van der Waals surface area contributed by atoms with Crippen molar-refractivity contribution in [3.63, 3.8) is 0 Å². The third kappa shape index (κ3) is 3.82. The molecule has 1 aliphatic heterocycles. The molecule has 0 saturated carbocycles. The topological polar surface area (TPSA) is 72.3 Å². The molecule has 1 saturated heterocycles. The largest absolute Gasteiger partial charge is 0.397 e. The van der Waals surface area contributed by atoms with Gasteiger partial charge in [0.05, 0.1) is 18.6 Å². The Morgan fingerprint density at radius 1 is 1.25 bits per heavy atom. The fourth-order valence-corrected chi connectivity index (χ4v) is 3.00. The molecular formula is C18H22F3N5O2. The van der Waals surface area contributed by atoms with Crippen LogP contribution in [0.3, 0.4) is 0 Å². The number of alkyl halides is 3. The Kier molecular flexibility index (Phi) is 5.33. The highest BCUT2D eigenvalue weighted by Crippen LogP contribution is 2.40. The number of ether oxygens (including phenoxy) is 1. The molecule has 1 aromatic heterocycles. The summed E-state index contributed by atoms with van der Waals surface area (Å²) >= 11 is 0. The highest BCUT2D eigenvalue weighted by molar-refractivity contribution is 5.89. The van der Waals surface area contributed by atoms with Crippen LogP contribution in [0.25, 0.3) is 0 Å². The number of amides is 2. The van der Waals surface area contributed by atoms with E-state index in [4.69, 9.17) is 4.74 Å². The molecule has 0 bridgehead atoms. The lowest BCUT2D eigenvalue weighted by Crippen LogP contribution is -2.46. The van der Waals surface area contributed by atoms with Crippen LogP contribution in [0.1, 0.15) is 31.3 Å². The van der Waals surface area contributed by atoms with Gasteiger partial charge in [0.25, 0.3) is 0 Å². The van der Waals surface area contributed by atoms with Crippen LogP contribution in [0.4, 0.5) is 23.7 Å². The molecule has 1 unspecified atom stereocenters. The summed E-state index contributed by atoms with van der Waals surface area (Å²) in [6.45, 7) is 3.29. The van der Waals surface area contributed by atoms with Gasteiger partial charge in [-0.3, -0.25) is 4.68 Å². The molecule has 28 heavy (non-hydrogen) atoms. The monoisotopic (exact) mass is 397 g/mol. The fourth-order valence-electron chi connectivity index (χ4n) is 3.00. The Balaban J connectivity index is 1.74. The molecule has 3 rings (SSSR count). The number of morpholine rings is 1. The molecule has 1 fully saturated rings. The van der Waals surface area contributed by atoms with Crippen molar-refractivity contribution in [1.82, 2.24) is 19.7 Å². The molecule has 0 radical (unpaired) electrons. The second-order valence-corrected chi connectivity index (χ2v) is 7.16. The summed E-state index contributed by atoms with van der Waals surface area (Å²) in [5.41, 5.74) is -1.44. The molecule has 2 heterocycles. The number of hydrogen-bond acceptors (Lipinski definition) is 4. The summed E-state index contributed by atoms with van der Waals surface area (Å²) < 4.78 is 46.6. The molecule has 1 N–H and O–H groups in total. The van der Waals surface area contributed by atoms with Gasteiger partial charge >= 0.3 is 12.2 Å². The van der Waals surface area contributed by atoms with Gasteiger partial charge in [0.15, 0.2) is 5.82 Å². The average Bonchev–Trinajstić information content (AvgIpc) is 3.07. The molecule has 1 aromatic carbocycles. The van der Waals surface area contributed by atoms with Crippen molar-refractivity contribution in [3.8, 4) is 0 Å². The van der Waals surface area contributed by atoms with Crippen LogP contribution >= 0.6 is 0 Å². The number of carbonyl (C=O) groups is 1. The number of aromatic nitrogens is 3. The molecule has 7 nitrogen and oxygen atoms in total. The maximum atomic E-state index is 13.2. The molecule has 0 spiro atoms. The van der Waals surface area contributed by atoms with E-state index in [1.165, 1.54) is 30.6 Å². The summed E-state index contributed by atoms with van der Waals surface area (Å²) in [6.07, 6.45) is -2.96. The van der Waals surface area contributed by atoms with E-state index < -0.39 is 17.6 Å². The zero-order valence-corrected chi connectivity index (χ0v) is 15.8. The van der Waals surface area contributed by atoms with E-state index in [0.29, 0.717) is 31.3 Å². The van der Waals surface area contributed by atoms with E-state index in [0.717, 1.165) is 13.8 Å². The first-order chi connectivity index (χ1) is 13.1. The van der Waals surface area contributed by atoms with Crippen molar-refractivity contribution in [2.75, 3.05) is 25.1 Å². The predicted octanol–water partition coefficient (Wildman–Crippen LogP) is 3.26. The van der Waals surface area contributed by atoms with E-state index >= 15 is 0 Å². The van der Waals surface area contributed by atoms with Crippen LogP contribution in [0.15, 0.2) is 30.6 Å². The van der Waals surface area contributed by atoms with Gasteiger partial charge in [0.1, 0.15) is 12.4 Å². The molecule has 1 atom stereocenters. The molecule has 2 amide bonds. The Bertz CT molecular complexity index is 832. The van der Waals surface area contributed by atoms with Crippen molar-refractivity contribution < 1.29 is 22.7 Å². The lowest BCUT2D eigenvalue weighted by atomic mass is 9.84. The minimum Gasteiger partial charge on any atom is -0.377 e. The number of nitrogens with zero attached hydrogens (tertiary/aromatic N) is 4. The average molecular weight is 397 g/mol. The van der Waals surface area contributed by atoms with E-state index in [2.05, 4.69) is 15.4 Å². The second kappa shape index (κ2) is 7.42. The highest BCUT2D eigenvalue weighted by Gasteiger charge is 2.48. The lowest BCUT2D eigenvalue weighted by molar-refractivity contribution is -0.180. The van der Waals surface area contributed by atoms with Crippen molar-refractivity contribution in [1.29, 1.82) is 0 Å². The third-order valence-corrected chi connectivity index (χ3v) is 5.00. The van der Waals surface area contributed by atoms with Gasteiger partial charge in [-0.05, 0) is 31.5 Å². The summed E-state index contributed by atoms with van der Waals surface area (Å²) in [7, 11) is 1.73. The van der Waals surface area contributed by atoms with E-state index in [-0.39, 0.29) is 11.6 Å². The van der Waals surface area contributed by atoms with Crippen LogP contribution < -0.4 is 5.32 Å². The van der Waals surface area contributed by atoms with Crippen molar-refractivity contribution >= 4 is 11.7 Å². The van der Waals surface area contributed by atoms with Crippen LogP contribution in [0, 0.1) is 0 Å². The van der Waals surface area contributed by atoms with Crippen LogP contribution in [-0.2, 0) is 17.2 Å². The van der Waals surface area contributed by atoms with E-state index in [1.54, 1.807) is 16.6 Å². The van der Waals surface area contributed by atoms with Crippen molar-refractivity contribution in [3.05, 3.63) is 42.0 Å². The number of carbonyl (C=O) groups excluding carboxylic acids is 1. The van der Waals surface area contributed by atoms with Crippen molar-refractivity contribution in [2.24, 2.45) is 7.05 Å². The first-order valence-corrected chi connectivity index (χ1v) is 8.78. The molecule has 1 aliphatic rings.